The van der Waals surface area contributed by atoms with Gasteiger partial charge in [0.2, 0.25) is 5.91 Å². The molecule has 150 valence electrons. The normalized spacial score (nSPS) is 18.0. The Hall–Kier alpha value is -2.85. The molecule has 2 unspecified atom stereocenters. The van der Waals surface area contributed by atoms with Gasteiger partial charge in [-0.25, -0.2) is 0 Å². The Morgan fingerprint density at radius 1 is 1.07 bits per heavy atom. The highest BCUT2D eigenvalue weighted by molar-refractivity contribution is 5.96. The van der Waals surface area contributed by atoms with Crippen molar-refractivity contribution in [2.75, 3.05) is 11.9 Å². The molecule has 0 radical (unpaired) electrons. The number of aromatic nitrogens is 1. The van der Waals surface area contributed by atoms with Crippen LogP contribution in [0.4, 0.5) is 5.69 Å². The van der Waals surface area contributed by atoms with Gasteiger partial charge in [-0.1, -0.05) is 42.5 Å². The number of carbonyl (C=O) groups excluding carboxylic acids is 1. The first kappa shape index (κ1) is 19.5. The molecule has 0 aliphatic carbocycles. The summed E-state index contributed by atoms with van der Waals surface area (Å²) in [5, 5.41) is 3.22. The van der Waals surface area contributed by atoms with Crippen molar-refractivity contribution in [3.8, 4) is 0 Å². The first-order valence-corrected chi connectivity index (χ1v) is 10.3. The molecular weight excluding hydrogens is 358 g/mol. The van der Waals surface area contributed by atoms with Crippen molar-refractivity contribution < 1.29 is 4.79 Å². The number of likely N-dealkylation sites (tertiary alicyclic amines) is 1. The average Bonchev–Trinajstić information content (AvgIpc) is 3.34. The molecule has 3 aromatic rings. The van der Waals surface area contributed by atoms with E-state index in [1.165, 1.54) is 5.69 Å². The monoisotopic (exact) mass is 387 g/mol. The Morgan fingerprint density at radius 2 is 1.86 bits per heavy atom. The summed E-state index contributed by atoms with van der Waals surface area (Å²) in [7, 11) is 2.08. The Morgan fingerprint density at radius 3 is 2.59 bits per heavy atom. The molecule has 4 heteroatoms. The quantitative estimate of drug-likeness (QED) is 0.657. The summed E-state index contributed by atoms with van der Waals surface area (Å²) in [4.78, 5) is 16.0. The molecule has 1 aromatic heterocycles. The highest BCUT2D eigenvalue weighted by atomic mass is 16.2. The topological polar surface area (TPSA) is 37.3 Å². The number of hydrogen-bond donors (Lipinski definition) is 1. The van der Waals surface area contributed by atoms with E-state index in [0.717, 1.165) is 41.8 Å². The van der Waals surface area contributed by atoms with Crippen LogP contribution in [0.15, 0.2) is 66.9 Å². The number of nitrogens with one attached hydrogen (secondary N) is 1. The molecule has 0 saturated carbocycles. The molecule has 2 aromatic carbocycles. The van der Waals surface area contributed by atoms with E-state index in [9.17, 15) is 4.79 Å². The smallest absolute Gasteiger partial charge is 0.246 e. The van der Waals surface area contributed by atoms with Crippen LogP contribution in [0, 0.1) is 13.8 Å². The van der Waals surface area contributed by atoms with Crippen LogP contribution in [0.25, 0.3) is 0 Å². The second-order valence-corrected chi connectivity index (χ2v) is 8.06. The maximum absolute atomic E-state index is 13.6. The van der Waals surface area contributed by atoms with Gasteiger partial charge in [0.1, 0.15) is 6.04 Å². The van der Waals surface area contributed by atoms with Crippen LogP contribution in [0.1, 0.15) is 47.3 Å². The van der Waals surface area contributed by atoms with Gasteiger partial charge < -0.3 is 9.88 Å². The lowest BCUT2D eigenvalue weighted by molar-refractivity contribution is -0.122. The zero-order valence-corrected chi connectivity index (χ0v) is 17.4. The highest BCUT2D eigenvalue weighted by Gasteiger charge is 2.37. The van der Waals surface area contributed by atoms with Gasteiger partial charge in [-0.2, -0.15) is 0 Å². The van der Waals surface area contributed by atoms with Gasteiger partial charge in [0.15, 0.2) is 0 Å². The van der Waals surface area contributed by atoms with Crippen molar-refractivity contribution in [3.05, 3.63) is 89.2 Å². The van der Waals surface area contributed by atoms with Crippen LogP contribution in [-0.4, -0.2) is 21.9 Å². The van der Waals surface area contributed by atoms with Gasteiger partial charge in [0, 0.05) is 24.6 Å². The number of anilines is 1. The summed E-state index contributed by atoms with van der Waals surface area (Å²) >= 11 is 0. The molecule has 1 fully saturated rings. The molecule has 2 atom stereocenters. The van der Waals surface area contributed by atoms with Crippen molar-refractivity contribution in [3.63, 3.8) is 0 Å². The third kappa shape index (κ3) is 3.99. The van der Waals surface area contributed by atoms with E-state index >= 15 is 0 Å². The fraction of sp³-hybridized carbons (Fsp3) is 0.320. The lowest BCUT2D eigenvalue weighted by Crippen LogP contribution is -2.37. The molecule has 1 aliphatic rings. The first-order chi connectivity index (χ1) is 14.0. The number of nitrogens with zero attached hydrogens (tertiary/aromatic N) is 2. The summed E-state index contributed by atoms with van der Waals surface area (Å²) in [5.41, 5.74) is 5.42. The van der Waals surface area contributed by atoms with E-state index in [1.807, 2.05) is 31.2 Å². The van der Waals surface area contributed by atoms with E-state index in [-0.39, 0.29) is 18.0 Å². The van der Waals surface area contributed by atoms with Crippen molar-refractivity contribution in [2.24, 2.45) is 7.05 Å². The second kappa shape index (κ2) is 8.26. The van der Waals surface area contributed by atoms with Gasteiger partial charge >= 0.3 is 0 Å². The van der Waals surface area contributed by atoms with E-state index in [0.29, 0.717) is 0 Å². The first-order valence-electron chi connectivity index (χ1n) is 10.3. The molecule has 0 bridgehead atoms. The summed E-state index contributed by atoms with van der Waals surface area (Å²) < 4.78 is 2.17. The van der Waals surface area contributed by atoms with Gasteiger partial charge in [-0.3, -0.25) is 9.69 Å². The van der Waals surface area contributed by atoms with Crippen LogP contribution in [0.5, 0.6) is 0 Å². The number of carbonyl (C=O) groups is 1. The van der Waals surface area contributed by atoms with Gasteiger partial charge in [-0.15, -0.1) is 0 Å². The minimum atomic E-state index is -0.321. The third-order valence-corrected chi connectivity index (χ3v) is 5.97. The number of hydrogen-bond acceptors (Lipinski definition) is 2. The predicted octanol–water partition coefficient (Wildman–Crippen LogP) is 5.16. The second-order valence-electron chi connectivity index (χ2n) is 8.06. The van der Waals surface area contributed by atoms with Gasteiger partial charge in [0.25, 0.3) is 0 Å². The van der Waals surface area contributed by atoms with Crippen molar-refractivity contribution in [1.29, 1.82) is 0 Å². The maximum atomic E-state index is 13.6. The van der Waals surface area contributed by atoms with Crippen molar-refractivity contribution >= 4 is 11.6 Å². The van der Waals surface area contributed by atoms with Gasteiger partial charge in [0.05, 0.1) is 6.04 Å². The van der Waals surface area contributed by atoms with E-state index < -0.39 is 0 Å². The standard InChI is InChI=1S/C25H29N3O/c1-18-13-14-19(2)21(17-18)26-25(29)24(20-9-5-4-6-10-20)28-16-8-12-23(28)22-11-7-15-27(22)3/h4-7,9-11,13-15,17,23-24H,8,12,16H2,1-3H3,(H,26,29). The maximum Gasteiger partial charge on any atom is 0.246 e. The van der Waals surface area contributed by atoms with Crippen molar-refractivity contribution in [1.82, 2.24) is 9.47 Å². The predicted molar refractivity (Wildman–Crippen MR) is 118 cm³/mol. The number of benzene rings is 2. The van der Waals surface area contributed by atoms with Crippen LogP contribution in [0.3, 0.4) is 0 Å². The molecule has 1 N–H and O–H groups in total. The van der Waals surface area contributed by atoms with Crippen LogP contribution >= 0.6 is 0 Å². The summed E-state index contributed by atoms with van der Waals surface area (Å²) in [5.74, 6) is 0.0333. The van der Waals surface area contributed by atoms with E-state index in [4.69, 9.17) is 0 Å². The Balaban J connectivity index is 1.69. The lowest BCUT2D eigenvalue weighted by Gasteiger charge is -2.33. The molecule has 4 rings (SSSR count). The molecule has 2 heterocycles. The molecule has 1 aliphatic heterocycles. The number of amides is 1. The zero-order chi connectivity index (χ0) is 20.4. The average molecular weight is 388 g/mol. The summed E-state index contributed by atoms with van der Waals surface area (Å²) in [6.07, 6.45) is 4.24. The zero-order valence-electron chi connectivity index (χ0n) is 17.4. The fourth-order valence-electron chi connectivity index (χ4n) is 4.44. The minimum absolute atomic E-state index is 0.0333. The minimum Gasteiger partial charge on any atom is -0.353 e. The summed E-state index contributed by atoms with van der Waals surface area (Å²) in [6, 6.07) is 20.5. The molecule has 0 spiro atoms. The van der Waals surface area contributed by atoms with Crippen LogP contribution in [0.2, 0.25) is 0 Å². The molecule has 1 amide bonds. The van der Waals surface area contributed by atoms with Crippen molar-refractivity contribution in [2.45, 2.75) is 38.8 Å². The third-order valence-electron chi connectivity index (χ3n) is 5.97. The Bertz CT molecular complexity index is 992. The largest absolute Gasteiger partial charge is 0.353 e. The lowest BCUT2D eigenvalue weighted by atomic mass is 10.0. The molecule has 1 saturated heterocycles. The van der Waals surface area contributed by atoms with E-state index in [1.54, 1.807) is 0 Å². The number of rotatable bonds is 5. The van der Waals surface area contributed by atoms with Crippen LogP contribution in [-0.2, 0) is 11.8 Å². The van der Waals surface area contributed by atoms with E-state index in [2.05, 4.69) is 71.4 Å². The van der Waals surface area contributed by atoms with Gasteiger partial charge in [-0.05, 0) is 68.1 Å². The Labute approximate surface area is 173 Å². The van der Waals surface area contributed by atoms with Crippen LogP contribution < -0.4 is 5.32 Å². The summed E-state index contributed by atoms with van der Waals surface area (Å²) in [6.45, 7) is 5.00. The Kier molecular flexibility index (Phi) is 5.54. The SMILES string of the molecule is Cc1ccc(C)c(NC(=O)C(c2ccccc2)N2CCCC2c2cccn2C)c1. The molecule has 4 nitrogen and oxygen atoms in total. The highest BCUT2D eigenvalue weighted by Crippen LogP contribution is 2.39. The number of aryl methyl sites for hydroxylation is 3. The molecule has 29 heavy (non-hydrogen) atoms. The molecular formula is C25H29N3O. The fourth-order valence-corrected chi connectivity index (χ4v) is 4.44.